The zero-order valence-corrected chi connectivity index (χ0v) is 6.72. The van der Waals surface area contributed by atoms with E-state index in [-0.39, 0.29) is 0 Å². The summed E-state index contributed by atoms with van der Waals surface area (Å²) in [5.74, 6) is -5.94. The standard InChI is InChI=1S/C7H8O6/c1-2-3-13-7(12)5(9)4(8)6(10)11/h2-3,8-9H,1H3,(H,10,11)/b3-2?,5-4-. The van der Waals surface area contributed by atoms with E-state index in [9.17, 15) is 9.59 Å². The number of carboxylic acid groups (broad SMARTS) is 1. The van der Waals surface area contributed by atoms with Crippen LogP contribution < -0.4 is 0 Å². The lowest BCUT2D eigenvalue weighted by molar-refractivity contribution is -0.140. The summed E-state index contributed by atoms with van der Waals surface area (Å²) in [6.45, 7) is 1.55. The van der Waals surface area contributed by atoms with Crippen LogP contribution in [0.3, 0.4) is 0 Å². The smallest absolute Gasteiger partial charge is 0.382 e. The number of carbonyl (C=O) groups is 2. The van der Waals surface area contributed by atoms with Gasteiger partial charge >= 0.3 is 11.9 Å². The Labute approximate surface area is 73.4 Å². The number of carbonyl (C=O) groups excluding carboxylic acids is 1. The van der Waals surface area contributed by atoms with E-state index in [0.717, 1.165) is 6.26 Å². The topological polar surface area (TPSA) is 104 Å². The summed E-state index contributed by atoms with van der Waals surface area (Å²) < 4.78 is 4.17. The van der Waals surface area contributed by atoms with Crippen molar-refractivity contribution in [3.05, 3.63) is 23.9 Å². The lowest BCUT2D eigenvalue weighted by Gasteiger charge is -1.98. The second-order valence-corrected chi connectivity index (χ2v) is 1.88. The minimum absolute atomic E-state index is 0.938. The Balaban J connectivity index is 4.58. The molecule has 72 valence electrons. The number of hydrogen-bond acceptors (Lipinski definition) is 5. The fraction of sp³-hybridized carbons (Fsp3) is 0.143. The van der Waals surface area contributed by atoms with Gasteiger partial charge in [0.1, 0.15) is 0 Å². The van der Waals surface area contributed by atoms with Crippen LogP contribution in [0, 0.1) is 0 Å². The number of aliphatic carboxylic acids is 1. The van der Waals surface area contributed by atoms with Gasteiger partial charge in [-0.25, -0.2) is 9.59 Å². The molecule has 6 heteroatoms. The molecule has 0 bridgehead atoms. The predicted octanol–water partition coefficient (Wildman–Crippen LogP) is 0.475. The van der Waals surface area contributed by atoms with Gasteiger partial charge in [-0.1, -0.05) is 6.08 Å². The van der Waals surface area contributed by atoms with Crippen molar-refractivity contribution in [1.82, 2.24) is 0 Å². The molecule has 0 radical (unpaired) electrons. The fourth-order valence-corrected chi connectivity index (χ4v) is 0.384. The highest BCUT2D eigenvalue weighted by Crippen LogP contribution is 2.00. The Morgan fingerprint density at radius 2 is 1.69 bits per heavy atom. The summed E-state index contributed by atoms with van der Waals surface area (Å²) in [5.41, 5.74) is 0. The van der Waals surface area contributed by atoms with E-state index in [1.165, 1.54) is 6.08 Å². The van der Waals surface area contributed by atoms with E-state index in [1.54, 1.807) is 6.92 Å². The van der Waals surface area contributed by atoms with E-state index in [2.05, 4.69) is 4.74 Å². The van der Waals surface area contributed by atoms with Crippen LogP contribution in [0.4, 0.5) is 0 Å². The van der Waals surface area contributed by atoms with Crippen LogP contribution in [-0.2, 0) is 14.3 Å². The van der Waals surface area contributed by atoms with Gasteiger partial charge in [-0.05, 0) is 6.92 Å². The maximum absolute atomic E-state index is 10.6. The van der Waals surface area contributed by atoms with Crippen LogP contribution in [0.1, 0.15) is 6.92 Å². The first-order chi connectivity index (χ1) is 6.00. The average molecular weight is 188 g/mol. The van der Waals surface area contributed by atoms with E-state index in [4.69, 9.17) is 15.3 Å². The number of allylic oxidation sites excluding steroid dienone is 1. The molecule has 0 aliphatic heterocycles. The van der Waals surface area contributed by atoms with Crippen LogP contribution in [0.25, 0.3) is 0 Å². The van der Waals surface area contributed by atoms with E-state index < -0.39 is 23.5 Å². The molecule has 0 aliphatic rings. The van der Waals surface area contributed by atoms with Gasteiger partial charge < -0.3 is 20.1 Å². The second kappa shape index (κ2) is 4.81. The van der Waals surface area contributed by atoms with Gasteiger partial charge in [-0.3, -0.25) is 0 Å². The van der Waals surface area contributed by atoms with Gasteiger partial charge in [0.2, 0.25) is 0 Å². The molecule has 6 nitrogen and oxygen atoms in total. The predicted molar refractivity (Wildman–Crippen MR) is 40.8 cm³/mol. The summed E-state index contributed by atoms with van der Waals surface area (Å²) >= 11 is 0. The SMILES string of the molecule is CC=COC(=O)/C(O)=C(/O)C(=O)O. The number of rotatable bonds is 3. The van der Waals surface area contributed by atoms with Crippen LogP contribution in [0.15, 0.2) is 23.9 Å². The molecule has 0 atom stereocenters. The van der Waals surface area contributed by atoms with Crippen molar-refractivity contribution in [1.29, 1.82) is 0 Å². The zero-order valence-electron chi connectivity index (χ0n) is 6.72. The van der Waals surface area contributed by atoms with Crippen molar-refractivity contribution in [2.45, 2.75) is 6.92 Å². The maximum atomic E-state index is 10.6. The Hall–Kier alpha value is -1.98. The molecule has 13 heavy (non-hydrogen) atoms. The number of aliphatic hydroxyl groups is 2. The van der Waals surface area contributed by atoms with Crippen molar-refractivity contribution in [3.8, 4) is 0 Å². The van der Waals surface area contributed by atoms with E-state index >= 15 is 0 Å². The number of esters is 1. The molecule has 0 rings (SSSR count). The number of ether oxygens (including phenoxy) is 1. The van der Waals surface area contributed by atoms with Crippen molar-refractivity contribution >= 4 is 11.9 Å². The summed E-state index contributed by atoms with van der Waals surface area (Å²) in [6.07, 6.45) is 2.29. The minimum atomic E-state index is -1.81. The lowest BCUT2D eigenvalue weighted by Crippen LogP contribution is -2.12. The first-order valence-electron chi connectivity index (χ1n) is 3.18. The first-order valence-corrected chi connectivity index (χ1v) is 3.18. The molecule has 0 saturated heterocycles. The molecule has 0 saturated carbocycles. The molecule has 0 spiro atoms. The Morgan fingerprint density at radius 1 is 1.15 bits per heavy atom. The Kier molecular flexibility index (Phi) is 4.08. The number of hydrogen-bond donors (Lipinski definition) is 3. The Morgan fingerprint density at radius 3 is 2.08 bits per heavy atom. The molecule has 0 aromatic heterocycles. The monoisotopic (exact) mass is 188 g/mol. The van der Waals surface area contributed by atoms with Gasteiger partial charge in [-0.2, -0.15) is 0 Å². The molecular formula is C7H8O6. The number of aliphatic hydroxyl groups excluding tert-OH is 2. The van der Waals surface area contributed by atoms with Gasteiger partial charge in [0, 0.05) is 0 Å². The second-order valence-electron chi connectivity index (χ2n) is 1.88. The largest absolute Gasteiger partial charge is 0.499 e. The Bertz CT molecular complexity index is 275. The fourth-order valence-electron chi connectivity index (χ4n) is 0.384. The summed E-state index contributed by atoms with van der Waals surface area (Å²) in [4.78, 5) is 20.7. The van der Waals surface area contributed by atoms with Crippen molar-refractivity contribution < 1.29 is 29.6 Å². The highest BCUT2D eigenvalue weighted by molar-refractivity contribution is 5.96. The molecule has 0 aromatic carbocycles. The van der Waals surface area contributed by atoms with Gasteiger partial charge in [0.05, 0.1) is 6.26 Å². The third-order valence-electron chi connectivity index (χ3n) is 0.931. The maximum Gasteiger partial charge on any atom is 0.382 e. The third kappa shape index (κ3) is 3.28. The van der Waals surface area contributed by atoms with E-state index in [1.807, 2.05) is 0 Å². The van der Waals surface area contributed by atoms with Gasteiger partial charge in [0.25, 0.3) is 11.5 Å². The summed E-state index contributed by atoms with van der Waals surface area (Å²) in [7, 11) is 0. The van der Waals surface area contributed by atoms with Crippen molar-refractivity contribution in [2.75, 3.05) is 0 Å². The first kappa shape index (κ1) is 11.0. The van der Waals surface area contributed by atoms with Crippen LogP contribution in [-0.4, -0.2) is 27.3 Å². The third-order valence-corrected chi connectivity index (χ3v) is 0.931. The molecule has 0 fully saturated rings. The van der Waals surface area contributed by atoms with Gasteiger partial charge in [-0.15, -0.1) is 0 Å². The lowest BCUT2D eigenvalue weighted by atomic mass is 10.4. The van der Waals surface area contributed by atoms with E-state index in [0.29, 0.717) is 0 Å². The molecule has 0 amide bonds. The summed E-state index contributed by atoms with van der Waals surface area (Å²) in [5, 5.41) is 25.4. The van der Waals surface area contributed by atoms with Gasteiger partial charge in [0.15, 0.2) is 0 Å². The highest BCUT2D eigenvalue weighted by atomic mass is 16.5. The van der Waals surface area contributed by atoms with Crippen LogP contribution >= 0.6 is 0 Å². The quantitative estimate of drug-likeness (QED) is 0.338. The van der Waals surface area contributed by atoms with Crippen LogP contribution in [0.2, 0.25) is 0 Å². The van der Waals surface area contributed by atoms with Crippen molar-refractivity contribution in [2.24, 2.45) is 0 Å². The van der Waals surface area contributed by atoms with Crippen LogP contribution in [0.5, 0.6) is 0 Å². The molecular weight excluding hydrogens is 180 g/mol. The normalized spacial score (nSPS) is 12.4. The molecule has 3 N–H and O–H groups in total. The highest BCUT2D eigenvalue weighted by Gasteiger charge is 2.19. The zero-order chi connectivity index (χ0) is 10.4. The van der Waals surface area contributed by atoms with Crippen molar-refractivity contribution in [3.63, 3.8) is 0 Å². The summed E-state index contributed by atoms with van der Waals surface area (Å²) in [6, 6.07) is 0. The molecule has 0 heterocycles. The number of carboxylic acids is 1. The molecule has 0 aromatic rings. The molecule has 0 aliphatic carbocycles. The molecule has 0 unspecified atom stereocenters. The average Bonchev–Trinajstić information content (AvgIpc) is 2.11. The minimum Gasteiger partial charge on any atom is -0.499 e.